The van der Waals surface area contributed by atoms with Crippen LogP contribution in [0.25, 0.3) is 0 Å². The third kappa shape index (κ3) is 4.58. The van der Waals surface area contributed by atoms with Gasteiger partial charge in [0.1, 0.15) is 5.82 Å². The normalized spacial score (nSPS) is 14.0. The number of nitrogens with zero attached hydrogens (tertiary/aromatic N) is 4. The van der Waals surface area contributed by atoms with Crippen LogP contribution < -0.4 is 19.9 Å². The first-order valence-corrected chi connectivity index (χ1v) is 9.09. The van der Waals surface area contributed by atoms with Gasteiger partial charge in [-0.15, -0.1) is 0 Å². The Morgan fingerprint density at radius 1 is 1.19 bits per heavy atom. The minimum absolute atomic E-state index is 0.387. The maximum atomic E-state index is 11.9. The molecule has 1 fully saturated rings. The van der Waals surface area contributed by atoms with E-state index < -0.39 is 6.09 Å². The number of methoxy groups -OCH3 is 1. The first kappa shape index (κ1) is 18.8. The molecule has 1 saturated heterocycles. The van der Waals surface area contributed by atoms with Crippen molar-refractivity contribution in [2.75, 3.05) is 55.0 Å². The Morgan fingerprint density at radius 2 is 1.96 bits per heavy atom. The number of benzene rings is 1. The number of aromatic nitrogens is 2. The second-order valence-electron chi connectivity index (χ2n) is 6.16. The summed E-state index contributed by atoms with van der Waals surface area (Å²) in [5.74, 6) is 1.53. The Hall–Kier alpha value is -3.03. The average molecular weight is 371 g/mol. The lowest BCUT2D eigenvalue weighted by Gasteiger charge is -2.37. The molecule has 0 spiro atoms. The molecule has 8 heteroatoms. The molecule has 0 atom stereocenters. The van der Waals surface area contributed by atoms with E-state index in [4.69, 9.17) is 9.47 Å². The highest BCUT2D eigenvalue weighted by atomic mass is 16.5. The van der Waals surface area contributed by atoms with E-state index in [2.05, 4.69) is 25.1 Å². The highest BCUT2D eigenvalue weighted by Gasteiger charge is 2.22. The molecular weight excluding hydrogens is 346 g/mol. The molecule has 0 unspecified atom stereocenters. The number of nitrogens with one attached hydrogen (secondary N) is 1. The zero-order valence-corrected chi connectivity index (χ0v) is 15.7. The van der Waals surface area contributed by atoms with Crippen molar-refractivity contribution in [2.45, 2.75) is 13.3 Å². The summed E-state index contributed by atoms with van der Waals surface area (Å²) in [5.41, 5.74) is 1.55. The first-order chi connectivity index (χ1) is 13.2. The van der Waals surface area contributed by atoms with Gasteiger partial charge in [-0.3, -0.25) is 10.3 Å². The van der Waals surface area contributed by atoms with E-state index in [1.807, 2.05) is 25.1 Å². The lowest BCUT2D eigenvalue weighted by atomic mass is 10.2. The van der Waals surface area contributed by atoms with Crippen LogP contribution in [-0.4, -0.2) is 56.0 Å². The Morgan fingerprint density at radius 3 is 2.63 bits per heavy atom. The van der Waals surface area contributed by atoms with Crippen LogP contribution in [0.2, 0.25) is 0 Å². The third-order valence-electron chi connectivity index (χ3n) is 4.37. The molecule has 1 aromatic carbocycles. The van der Waals surface area contributed by atoms with Gasteiger partial charge in [0.2, 0.25) is 0 Å². The summed E-state index contributed by atoms with van der Waals surface area (Å²) < 4.78 is 10.7. The van der Waals surface area contributed by atoms with E-state index in [9.17, 15) is 4.79 Å². The number of carbonyl (C=O) groups excluding carboxylic acids is 1. The summed E-state index contributed by atoms with van der Waals surface area (Å²) in [5, 5.41) is 2.77. The van der Waals surface area contributed by atoms with Crippen LogP contribution in [0.5, 0.6) is 5.75 Å². The molecule has 8 nitrogen and oxygen atoms in total. The Labute approximate surface area is 159 Å². The smallest absolute Gasteiger partial charge is 0.411 e. The Kier molecular flexibility index (Phi) is 6.30. The molecule has 1 N–H and O–H groups in total. The zero-order valence-electron chi connectivity index (χ0n) is 15.7. The van der Waals surface area contributed by atoms with Crippen molar-refractivity contribution in [1.29, 1.82) is 0 Å². The van der Waals surface area contributed by atoms with Gasteiger partial charge in [0, 0.05) is 38.6 Å². The van der Waals surface area contributed by atoms with Crippen LogP contribution in [0, 0.1) is 0 Å². The number of rotatable bonds is 6. The SMILES string of the molecule is CCCOC(=O)Nc1cccc(N2CCN(c3cnccn3)CC2)c1OC. The van der Waals surface area contributed by atoms with Crippen LogP contribution in [0.3, 0.4) is 0 Å². The predicted octanol–water partition coefficient (Wildman–Crippen LogP) is 2.77. The number of ether oxygens (including phenoxy) is 2. The second-order valence-corrected chi connectivity index (χ2v) is 6.16. The fourth-order valence-corrected chi connectivity index (χ4v) is 3.06. The molecule has 0 bridgehead atoms. The molecule has 0 aliphatic carbocycles. The largest absolute Gasteiger partial charge is 0.492 e. The van der Waals surface area contributed by atoms with Crippen molar-refractivity contribution in [3.05, 3.63) is 36.8 Å². The summed E-state index contributed by atoms with van der Waals surface area (Å²) in [6, 6.07) is 5.72. The number of para-hydroxylation sites is 1. The topological polar surface area (TPSA) is 79.8 Å². The quantitative estimate of drug-likeness (QED) is 0.836. The summed E-state index contributed by atoms with van der Waals surface area (Å²) in [6.07, 6.45) is 5.47. The van der Waals surface area contributed by atoms with Gasteiger partial charge in [-0.25, -0.2) is 9.78 Å². The summed E-state index contributed by atoms with van der Waals surface area (Å²) in [4.78, 5) is 24.9. The number of carbonyl (C=O) groups is 1. The number of anilines is 3. The highest BCUT2D eigenvalue weighted by Crippen LogP contribution is 2.36. The van der Waals surface area contributed by atoms with Crippen LogP contribution in [0.1, 0.15) is 13.3 Å². The minimum Gasteiger partial charge on any atom is -0.492 e. The maximum Gasteiger partial charge on any atom is 0.411 e. The molecule has 27 heavy (non-hydrogen) atoms. The minimum atomic E-state index is -0.472. The molecule has 1 amide bonds. The molecule has 1 aromatic heterocycles. The van der Waals surface area contributed by atoms with Crippen molar-refractivity contribution in [3.8, 4) is 5.75 Å². The lowest BCUT2D eigenvalue weighted by molar-refractivity contribution is 0.161. The number of amides is 1. The van der Waals surface area contributed by atoms with Crippen LogP contribution in [0.15, 0.2) is 36.8 Å². The van der Waals surface area contributed by atoms with Crippen molar-refractivity contribution in [2.24, 2.45) is 0 Å². The summed E-state index contributed by atoms with van der Waals surface area (Å²) in [7, 11) is 1.61. The molecule has 2 aromatic rings. The van der Waals surface area contributed by atoms with E-state index in [-0.39, 0.29) is 0 Å². The van der Waals surface area contributed by atoms with Gasteiger partial charge in [0.05, 0.1) is 31.3 Å². The molecule has 2 heterocycles. The second kappa shape index (κ2) is 9.07. The van der Waals surface area contributed by atoms with Gasteiger partial charge in [0.25, 0.3) is 0 Å². The molecule has 1 aliphatic rings. The standard InChI is InChI=1S/C19H25N5O3/c1-3-13-27-19(25)22-15-5-4-6-16(18(15)26-2)23-9-11-24(12-10-23)17-14-20-7-8-21-17/h4-8,14H,3,9-13H2,1-2H3,(H,22,25). The highest BCUT2D eigenvalue weighted by molar-refractivity contribution is 5.89. The van der Waals surface area contributed by atoms with Gasteiger partial charge in [-0.2, -0.15) is 0 Å². The number of piperazine rings is 1. The van der Waals surface area contributed by atoms with Crippen molar-refractivity contribution < 1.29 is 14.3 Å². The Balaban J connectivity index is 1.70. The van der Waals surface area contributed by atoms with E-state index in [0.717, 1.165) is 44.1 Å². The van der Waals surface area contributed by atoms with Crippen molar-refractivity contribution in [3.63, 3.8) is 0 Å². The molecular formula is C19H25N5O3. The van der Waals surface area contributed by atoms with E-state index in [1.165, 1.54) is 0 Å². The molecule has 144 valence electrons. The van der Waals surface area contributed by atoms with Crippen LogP contribution in [0.4, 0.5) is 22.0 Å². The van der Waals surface area contributed by atoms with Gasteiger partial charge < -0.3 is 19.3 Å². The fraction of sp³-hybridized carbons (Fsp3) is 0.421. The molecule has 0 saturated carbocycles. The summed E-state index contributed by atoms with van der Waals surface area (Å²) >= 11 is 0. The molecule has 1 aliphatic heterocycles. The number of hydrogen-bond donors (Lipinski definition) is 1. The maximum absolute atomic E-state index is 11.9. The van der Waals surface area contributed by atoms with Gasteiger partial charge in [0.15, 0.2) is 5.75 Å². The van der Waals surface area contributed by atoms with Gasteiger partial charge in [-0.05, 0) is 18.6 Å². The van der Waals surface area contributed by atoms with Gasteiger partial charge in [-0.1, -0.05) is 13.0 Å². The monoisotopic (exact) mass is 371 g/mol. The van der Waals surface area contributed by atoms with Crippen molar-refractivity contribution in [1.82, 2.24) is 9.97 Å². The lowest BCUT2D eigenvalue weighted by Crippen LogP contribution is -2.47. The van der Waals surface area contributed by atoms with E-state index >= 15 is 0 Å². The first-order valence-electron chi connectivity index (χ1n) is 9.09. The predicted molar refractivity (Wildman–Crippen MR) is 105 cm³/mol. The van der Waals surface area contributed by atoms with E-state index in [1.54, 1.807) is 25.7 Å². The average Bonchev–Trinajstić information content (AvgIpc) is 2.73. The fourth-order valence-electron chi connectivity index (χ4n) is 3.06. The number of hydrogen-bond acceptors (Lipinski definition) is 7. The zero-order chi connectivity index (χ0) is 19.1. The van der Waals surface area contributed by atoms with E-state index in [0.29, 0.717) is 18.0 Å². The Bertz CT molecular complexity index is 748. The molecule has 3 rings (SSSR count). The van der Waals surface area contributed by atoms with Crippen LogP contribution >= 0.6 is 0 Å². The van der Waals surface area contributed by atoms with Crippen molar-refractivity contribution >= 4 is 23.3 Å². The molecule has 0 radical (unpaired) electrons. The van der Waals surface area contributed by atoms with Crippen LogP contribution in [-0.2, 0) is 4.74 Å². The summed E-state index contributed by atoms with van der Waals surface area (Å²) in [6.45, 7) is 5.64. The van der Waals surface area contributed by atoms with Gasteiger partial charge >= 0.3 is 6.09 Å². The third-order valence-corrected chi connectivity index (χ3v) is 4.37.